The Balaban J connectivity index is 2.11. The Hall–Kier alpha value is -1.28. The summed E-state index contributed by atoms with van der Waals surface area (Å²) in [6.45, 7) is 6.99. The molecule has 0 radical (unpaired) electrons. The van der Waals surface area contributed by atoms with E-state index in [0.29, 0.717) is 0 Å². The van der Waals surface area contributed by atoms with Crippen LogP contribution in [0.1, 0.15) is 17.5 Å². The van der Waals surface area contributed by atoms with Crippen LogP contribution in [-0.2, 0) is 13.0 Å². The van der Waals surface area contributed by atoms with Gasteiger partial charge in [0.1, 0.15) is 0 Å². The Morgan fingerprint density at radius 3 is 3.13 bits per heavy atom. The number of anilines is 1. The highest BCUT2D eigenvalue weighted by Gasteiger charge is 2.16. The van der Waals surface area contributed by atoms with Gasteiger partial charge in [0.2, 0.25) is 0 Å². The van der Waals surface area contributed by atoms with E-state index in [4.69, 9.17) is 5.73 Å². The lowest BCUT2D eigenvalue weighted by atomic mass is 9.98. The summed E-state index contributed by atoms with van der Waals surface area (Å²) in [4.78, 5) is 2.44. The zero-order valence-corrected chi connectivity index (χ0v) is 9.08. The van der Waals surface area contributed by atoms with Gasteiger partial charge in [0.05, 0.1) is 0 Å². The summed E-state index contributed by atoms with van der Waals surface area (Å²) in [7, 11) is 0. The summed E-state index contributed by atoms with van der Waals surface area (Å²) < 4.78 is 0. The van der Waals surface area contributed by atoms with Gasteiger partial charge in [-0.2, -0.15) is 0 Å². The molecule has 1 aromatic carbocycles. The van der Waals surface area contributed by atoms with Gasteiger partial charge in [-0.15, -0.1) is 6.58 Å². The first-order valence-electron chi connectivity index (χ1n) is 5.50. The number of benzene rings is 1. The summed E-state index contributed by atoms with van der Waals surface area (Å²) in [5, 5.41) is 0. The molecule has 0 aromatic heterocycles. The second kappa shape index (κ2) is 4.49. The van der Waals surface area contributed by atoms with Crippen molar-refractivity contribution < 1.29 is 0 Å². The predicted octanol–water partition coefficient (Wildman–Crippen LogP) is 2.20. The van der Waals surface area contributed by atoms with Crippen LogP contribution < -0.4 is 5.73 Å². The topological polar surface area (TPSA) is 29.3 Å². The van der Waals surface area contributed by atoms with Gasteiger partial charge in [-0.25, -0.2) is 0 Å². The summed E-state index contributed by atoms with van der Waals surface area (Å²) in [5.74, 6) is 0. The van der Waals surface area contributed by atoms with E-state index in [1.54, 1.807) is 0 Å². The fourth-order valence-corrected chi connectivity index (χ4v) is 2.13. The molecule has 0 amide bonds. The average molecular weight is 202 g/mol. The fourth-order valence-electron chi connectivity index (χ4n) is 2.13. The number of nitrogens with zero attached hydrogens (tertiary/aromatic N) is 1. The van der Waals surface area contributed by atoms with Crippen LogP contribution >= 0.6 is 0 Å². The van der Waals surface area contributed by atoms with Crippen molar-refractivity contribution in [2.75, 3.05) is 18.8 Å². The Morgan fingerprint density at radius 1 is 1.47 bits per heavy atom. The van der Waals surface area contributed by atoms with Crippen LogP contribution in [0, 0.1) is 0 Å². The number of nitrogen functional groups attached to an aromatic ring is 1. The van der Waals surface area contributed by atoms with E-state index < -0.39 is 0 Å². The largest absolute Gasteiger partial charge is 0.398 e. The van der Waals surface area contributed by atoms with E-state index >= 15 is 0 Å². The number of nitrogens with two attached hydrogens (primary N) is 1. The van der Waals surface area contributed by atoms with Crippen LogP contribution in [0.25, 0.3) is 0 Å². The summed E-state index contributed by atoms with van der Waals surface area (Å²) >= 11 is 0. The third-order valence-electron chi connectivity index (χ3n) is 3.04. The van der Waals surface area contributed by atoms with Crippen molar-refractivity contribution in [3.05, 3.63) is 42.0 Å². The van der Waals surface area contributed by atoms with E-state index in [1.807, 2.05) is 18.2 Å². The van der Waals surface area contributed by atoms with Crippen molar-refractivity contribution in [1.29, 1.82) is 0 Å². The molecule has 0 bridgehead atoms. The van der Waals surface area contributed by atoms with Crippen LogP contribution in [0.15, 0.2) is 30.9 Å². The maximum atomic E-state index is 5.99. The number of hydrogen-bond acceptors (Lipinski definition) is 2. The first kappa shape index (κ1) is 10.2. The number of hydrogen-bond donors (Lipinski definition) is 1. The molecule has 0 atom stereocenters. The van der Waals surface area contributed by atoms with Crippen molar-refractivity contribution in [1.82, 2.24) is 4.90 Å². The highest BCUT2D eigenvalue weighted by molar-refractivity contribution is 5.51. The highest BCUT2D eigenvalue weighted by atomic mass is 15.1. The number of fused-ring (bicyclic) bond motifs is 1. The van der Waals surface area contributed by atoms with Crippen molar-refractivity contribution in [3.8, 4) is 0 Å². The molecule has 15 heavy (non-hydrogen) atoms. The van der Waals surface area contributed by atoms with Crippen LogP contribution in [0.3, 0.4) is 0 Å². The molecule has 0 unspecified atom stereocenters. The first-order valence-corrected chi connectivity index (χ1v) is 5.50. The first-order chi connectivity index (χ1) is 7.31. The Kier molecular flexibility index (Phi) is 3.07. The lowest BCUT2D eigenvalue weighted by molar-refractivity contribution is 0.260. The van der Waals surface area contributed by atoms with E-state index in [2.05, 4.69) is 17.5 Å². The van der Waals surface area contributed by atoms with Gasteiger partial charge in [0.15, 0.2) is 0 Å². The molecule has 1 aliphatic rings. The molecular formula is C13H18N2. The monoisotopic (exact) mass is 202 g/mol. The maximum Gasteiger partial charge on any atom is 0.0362 e. The highest BCUT2D eigenvalue weighted by Crippen LogP contribution is 2.24. The summed E-state index contributed by atoms with van der Waals surface area (Å²) in [6, 6.07) is 6.24. The predicted molar refractivity (Wildman–Crippen MR) is 64.6 cm³/mol. The Labute approximate surface area is 91.4 Å². The van der Waals surface area contributed by atoms with Gasteiger partial charge in [0.25, 0.3) is 0 Å². The zero-order chi connectivity index (χ0) is 10.7. The van der Waals surface area contributed by atoms with E-state index in [1.165, 1.54) is 11.1 Å². The summed E-state index contributed by atoms with van der Waals surface area (Å²) in [5.41, 5.74) is 9.67. The van der Waals surface area contributed by atoms with Crippen LogP contribution in [0.5, 0.6) is 0 Å². The van der Waals surface area contributed by atoms with Crippen LogP contribution in [-0.4, -0.2) is 18.0 Å². The lowest BCUT2D eigenvalue weighted by Crippen LogP contribution is -2.31. The molecule has 1 heterocycles. The quantitative estimate of drug-likeness (QED) is 0.601. The van der Waals surface area contributed by atoms with Crippen molar-refractivity contribution in [2.24, 2.45) is 0 Å². The minimum absolute atomic E-state index is 0.941. The fraction of sp³-hybridized carbons (Fsp3) is 0.385. The molecule has 0 spiro atoms. The Morgan fingerprint density at radius 2 is 2.33 bits per heavy atom. The smallest absolute Gasteiger partial charge is 0.0362 e. The standard InChI is InChI=1S/C13H18N2/c1-2-3-8-15-9-7-11-5-4-6-13(14)12(11)10-15/h2,4-6H,1,3,7-10,14H2. The SMILES string of the molecule is C=CCCN1CCc2cccc(N)c2C1. The van der Waals surface area contributed by atoms with Gasteiger partial charge in [-0.1, -0.05) is 18.2 Å². The molecule has 0 saturated carbocycles. The maximum absolute atomic E-state index is 5.99. The second-order valence-corrected chi connectivity index (χ2v) is 4.09. The molecule has 0 saturated heterocycles. The molecule has 2 heteroatoms. The van der Waals surface area contributed by atoms with E-state index in [0.717, 1.165) is 38.2 Å². The van der Waals surface area contributed by atoms with Gasteiger partial charge in [-0.05, 0) is 30.0 Å². The normalized spacial score (nSPS) is 16.0. The second-order valence-electron chi connectivity index (χ2n) is 4.09. The van der Waals surface area contributed by atoms with Crippen molar-refractivity contribution in [3.63, 3.8) is 0 Å². The van der Waals surface area contributed by atoms with Crippen LogP contribution in [0.4, 0.5) is 5.69 Å². The lowest BCUT2D eigenvalue weighted by Gasteiger charge is -2.29. The van der Waals surface area contributed by atoms with Gasteiger partial charge in [0, 0.05) is 25.3 Å². The Bertz CT molecular complexity index is 358. The molecule has 0 aliphatic carbocycles. The average Bonchev–Trinajstić information content (AvgIpc) is 2.27. The molecular weight excluding hydrogens is 184 g/mol. The molecule has 1 aliphatic heterocycles. The molecule has 0 fully saturated rings. The minimum Gasteiger partial charge on any atom is -0.398 e. The van der Waals surface area contributed by atoms with E-state index in [-0.39, 0.29) is 0 Å². The molecule has 2 rings (SSSR count). The van der Waals surface area contributed by atoms with Crippen molar-refractivity contribution >= 4 is 5.69 Å². The molecule has 2 nitrogen and oxygen atoms in total. The van der Waals surface area contributed by atoms with Gasteiger partial charge >= 0.3 is 0 Å². The van der Waals surface area contributed by atoms with E-state index in [9.17, 15) is 0 Å². The van der Waals surface area contributed by atoms with Gasteiger partial charge < -0.3 is 5.73 Å². The zero-order valence-electron chi connectivity index (χ0n) is 9.08. The minimum atomic E-state index is 0.941. The molecule has 1 aromatic rings. The summed E-state index contributed by atoms with van der Waals surface area (Å²) in [6.07, 6.45) is 4.16. The van der Waals surface area contributed by atoms with Gasteiger partial charge in [-0.3, -0.25) is 4.90 Å². The van der Waals surface area contributed by atoms with Crippen LogP contribution in [0.2, 0.25) is 0 Å². The third kappa shape index (κ3) is 2.21. The molecule has 2 N–H and O–H groups in total. The number of rotatable bonds is 3. The van der Waals surface area contributed by atoms with Crippen molar-refractivity contribution in [2.45, 2.75) is 19.4 Å². The molecule has 80 valence electrons. The third-order valence-corrected chi connectivity index (χ3v) is 3.04.